The molecule has 1 aromatic heterocycles. The van der Waals surface area contributed by atoms with E-state index in [1.54, 1.807) is 13.1 Å². The highest BCUT2D eigenvalue weighted by atomic mass is 32.2. The predicted octanol–water partition coefficient (Wildman–Crippen LogP) is 1.71. The minimum absolute atomic E-state index is 0.0858. The van der Waals surface area contributed by atoms with Crippen LogP contribution in [0.25, 0.3) is 0 Å². The minimum atomic E-state index is -2.98. The first-order valence-electron chi connectivity index (χ1n) is 5.10. The second-order valence-electron chi connectivity index (χ2n) is 3.94. The summed E-state index contributed by atoms with van der Waals surface area (Å²) in [4.78, 5) is 4.15. The van der Waals surface area contributed by atoms with E-state index in [1.807, 2.05) is 25.3 Å². The van der Waals surface area contributed by atoms with E-state index in [2.05, 4.69) is 4.98 Å². The Morgan fingerprint density at radius 1 is 1.47 bits per heavy atom. The van der Waals surface area contributed by atoms with Crippen LogP contribution in [0, 0.1) is 6.92 Å². The van der Waals surface area contributed by atoms with Gasteiger partial charge in [0, 0.05) is 18.0 Å². The van der Waals surface area contributed by atoms with Gasteiger partial charge in [-0.1, -0.05) is 6.92 Å². The van der Waals surface area contributed by atoms with Crippen molar-refractivity contribution >= 4 is 9.84 Å². The molecule has 15 heavy (non-hydrogen) atoms. The molecule has 0 amide bonds. The van der Waals surface area contributed by atoms with Gasteiger partial charge in [0.05, 0.1) is 11.4 Å². The molecule has 4 nitrogen and oxygen atoms in total. The third-order valence-electron chi connectivity index (χ3n) is 2.38. The van der Waals surface area contributed by atoms with Crippen molar-refractivity contribution < 1.29 is 8.42 Å². The number of rotatable bonds is 4. The highest BCUT2D eigenvalue weighted by molar-refractivity contribution is 7.90. The summed E-state index contributed by atoms with van der Waals surface area (Å²) in [6.07, 6.45) is 1.66. The predicted molar refractivity (Wildman–Crippen MR) is 60.5 cm³/mol. The van der Waals surface area contributed by atoms with Gasteiger partial charge in [-0.25, -0.2) is 13.4 Å². The van der Waals surface area contributed by atoms with Crippen molar-refractivity contribution in [2.45, 2.75) is 39.5 Å². The first-order chi connectivity index (χ1) is 6.87. The fraction of sp³-hybridized carbons (Fsp3) is 0.700. The van der Waals surface area contributed by atoms with E-state index in [0.717, 1.165) is 11.5 Å². The van der Waals surface area contributed by atoms with Crippen molar-refractivity contribution in [3.63, 3.8) is 0 Å². The molecule has 0 radical (unpaired) electrons. The van der Waals surface area contributed by atoms with Crippen LogP contribution in [0.1, 0.15) is 38.3 Å². The summed E-state index contributed by atoms with van der Waals surface area (Å²) in [6, 6.07) is 0.245. The molecule has 0 N–H and O–H groups in total. The largest absolute Gasteiger partial charge is 0.329 e. The first-order valence-corrected chi connectivity index (χ1v) is 6.92. The number of aromatic nitrogens is 2. The Hall–Kier alpha value is -0.840. The molecule has 1 rings (SSSR count). The van der Waals surface area contributed by atoms with Crippen molar-refractivity contribution in [1.82, 2.24) is 9.55 Å². The number of aryl methyl sites for hydroxylation is 1. The minimum Gasteiger partial charge on any atom is -0.329 e. The monoisotopic (exact) mass is 230 g/mol. The Labute approximate surface area is 91.3 Å². The quantitative estimate of drug-likeness (QED) is 0.791. The van der Waals surface area contributed by atoms with Crippen molar-refractivity contribution in [3.05, 3.63) is 17.7 Å². The van der Waals surface area contributed by atoms with Crippen LogP contribution in [0.4, 0.5) is 0 Å². The van der Waals surface area contributed by atoms with E-state index in [0.29, 0.717) is 0 Å². The molecule has 1 aromatic rings. The van der Waals surface area contributed by atoms with Crippen LogP contribution in [0.15, 0.2) is 6.20 Å². The van der Waals surface area contributed by atoms with Crippen LogP contribution in [0.3, 0.4) is 0 Å². The third kappa shape index (κ3) is 2.81. The molecule has 0 atom stereocenters. The molecule has 1 heterocycles. The van der Waals surface area contributed by atoms with Gasteiger partial charge in [-0.2, -0.15) is 0 Å². The average Bonchev–Trinajstić information content (AvgIpc) is 2.46. The zero-order chi connectivity index (χ0) is 11.6. The average molecular weight is 230 g/mol. The molecule has 0 bridgehead atoms. The molecule has 86 valence electrons. The molecule has 0 aliphatic heterocycles. The fourth-order valence-electron chi connectivity index (χ4n) is 1.64. The maximum Gasteiger partial charge on any atom is 0.155 e. The van der Waals surface area contributed by atoms with Gasteiger partial charge in [-0.05, 0) is 20.8 Å². The van der Waals surface area contributed by atoms with Crippen molar-refractivity contribution in [2.24, 2.45) is 0 Å². The lowest BCUT2D eigenvalue weighted by molar-refractivity contribution is 0.559. The van der Waals surface area contributed by atoms with Gasteiger partial charge in [0.15, 0.2) is 9.84 Å². The lowest BCUT2D eigenvalue weighted by Crippen LogP contribution is -2.13. The SMILES string of the molecule is CCS(=O)(=O)Cc1cnc(C)n1C(C)C. The number of sulfone groups is 1. The summed E-state index contributed by atoms with van der Waals surface area (Å²) in [5, 5.41) is 0. The maximum absolute atomic E-state index is 11.5. The lowest BCUT2D eigenvalue weighted by Gasteiger charge is -2.13. The highest BCUT2D eigenvalue weighted by Gasteiger charge is 2.15. The standard InChI is InChI=1S/C10H18N2O2S/c1-5-15(13,14)7-10-6-11-9(4)12(10)8(2)3/h6,8H,5,7H2,1-4H3. The Morgan fingerprint density at radius 2 is 2.07 bits per heavy atom. The van der Waals surface area contributed by atoms with Crippen LogP contribution in [0.5, 0.6) is 0 Å². The second kappa shape index (κ2) is 4.35. The zero-order valence-electron chi connectivity index (χ0n) is 9.69. The molecule has 0 aromatic carbocycles. The third-order valence-corrected chi connectivity index (χ3v) is 4.00. The Balaban J connectivity index is 3.06. The summed E-state index contributed by atoms with van der Waals surface area (Å²) < 4.78 is 25.0. The van der Waals surface area contributed by atoms with Crippen molar-refractivity contribution in [3.8, 4) is 0 Å². The molecule has 0 unspecified atom stereocenters. The molecular weight excluding hydrogens is 212 g/mol. The van der Waals surface area contributed by atoms with Crippen LogP contribution in [0.2, 0.25) is 0 Å². The van der Waals surface area contributed by atoms with Gasteiger partial charge in [-0.15, -0.1) is 0 Å². The van der Waals surface area contributed by atoms with Gasteiger partial charge < -0.3 is 4.57 Å². The maximum atomic E-state index is 11.5. The van der Waals surface area contributed by atoms with Gasteiger partial charge in [0.25, 0.3) is 0 Å². The molecule has 0 saturated heterocycles. The molecule has 0 aliphatic carbocycles. The molecule has 5 heteroatoms. The Bertz CT molecular complexity index is 432. The van der Waals surface area contributed by atoms with Gasteiger partial charge in [0.1, 0.15) is 5.82 Å². The summed E-state index contributed by atoms with van der Waals surface area (Å²) in [5.41, 5.74) is 0.782. The van der Waals surface area contributed by atoms with Gasteiger partial charge in [-0.3, -0.25) is 0 Å². The van der Waals surface area contributed by atoms with Gasteiger partial charge in [0.2, 0.25) is 0 Å². The van der Waals surface area contributed by atoms with E-state index < -0.39 is 9.84 Å². The number of hydrogen-bond donors (Lipinski definition) is 0. The van der Waals surface area contributed by atoms with Crippen molar-refractivity contribution in [2.75, 3.05) is 5.75 Å². The fourth-order valence-corrected chi connectivity index (χ4v) is 2.51. The Kier molecular flexibility index (Phi) is 3.54. The first kappa shape index (κ1) is 12.2. The molecular formula is C10H18N2O2S. The summed E-state index contributed by atoms with van der Waals surface area (Å²) in [7, 11) is -2.98. The van der Waals surface area contributed by atoms with Crippen LogP contribution < -0.4 is 0 Å². The van der Waals surface area contributed by atoms with E-state index in [4.69, 9.17) is 0 Å². The van der Waals surface area contributed by atoms with Gasteiger partial charge >= 0.3 is 0 Å². The number of hydrogen-bond acceptors (Lipinski definition) is 3. The van der Waals surface area contributed by atoms with Crippen LogP contribution >= 0.6 is 0 Å². The normalized spacial score (nSPS) is 12.3. The second-order valence-corrected chi connectivity index (χ2v) is 6.29. The molecule has 0 aliphatic rings. The van der Waals surface area contributed by atoms with Crippen LogP contribution in [-0.4, -0.2) is 23.7 Å². The highest BCUT2D eigenvalue weighted by Crippen LogP contribution is 2.15. The lowest BCUT2D eigenvalue weighted by atomic mass is 10.3. The molecule has 0 spiro atoms. The van der Waals surface area contributed by atoms with E-state index in [9.17, 15) is 8.42 Å². The number of nitrogens with zero attached hydrogens (tertiary/aromatic N) is 2. The topological polar surface area (TPSA) is 52.0 Å². The summed E-state index contributed by atoms with van der Waals surface area (Å²) in [6.45, 7) is 7.60. The van der Waals surface area contributed by atoms with E-state index in [-0.39, 0.29) is 17.5 Å². The summed E-state index contributed by atoms with van der Waals surface area (Å²) in [5.74, 6) is 1.13. The summed E-state index contributed by atoms with van der Waals surface area (Å²) >= 11 is 0. The zero-order valence-corrected chi connectivity index (χ0v) is 10.5. The smallest absolute Gasteiger partial charge is 0.155 e. The Morgan fingerprint density at radius 3 is 2.53 bits per heavy atom. The molecule has 0 saturated carbocycles. The van der Waals surface area contributed by atoms with E-state index in [1.165, 1.54) is 0 Å². The molecule has 0 fully saturated rings. The van der Waals surface area contributed by atoms with E-state index >= 15 is 0 Å². The van der Waals surface area contributed by atoms with Crippen LogP contribution in [-0.2, 0) is 15.6 Å². The van der Waals surface area contributed by atoms with Crippen molar-refractivity contribution in [1.29, 1.82) is 0 Å². The number of imidazole rings is 1.